The molecule has 0 amide bonds. The molecular formula is C24H21Cl2N5O2. The number of aromatic nitrogens is 3. The fraction of sp³-hybridized carbons (Fsp3) is 0.208. The third kappa shape index (κ3) is 4.89. The molecule has 33 heavy (non-hydrogen) atoms. The van der Waals surface area contributed by atoms with Crippen LogP contribution in [0, 0.1) is 6.92 Å². The van der Waals surface area contributed by atoms with Gasteiger partial charge in [-0.05, 0) is 55.0 Å². The van der Waals surface area contributed by atoms with Crippen molar-refractivity contribution in [2.24, 2.45) is 0 Å². The third-order valence-corrected chi connectivity index (χ3v) is 5.74. The Bertz CT molecular complexity index is 1300. The van der Waals surface area contributed by atoms with Gasteiger partial charge in [-0.2, -0.15) is 0 Å². The summed E-state index contributed by atoms with van der Waals surface area (Å²) in [4.78, 5) is 15.6. The van der Waals surface area contributed by atoms with E-state index in [1.54, 1.807) is 12.3 Å². The zero-order chi connectivity index (χ0) is 22.8. The Kier molecular flexibility index (Phi) is 6.07. The Labute approximate surface area is 201 Å². The van der Waals surface area contributed by atoms with Crippen LogP contribution in [0.2, 0.25) is 10.2 Å². The molecule has 7 nitrogen and oxygen atoms in total. The predicted molar refractivity (Wildman–Crippen MR) is 131 cm³/mol. The molecule has 3 heterocycles. The number of ether oxygens (including phenoxy) is 2. The first-order chi connectivity index (χ1) is 16.0. The van der Waals surface area contributed by atoms with Gasteiger partial charge in [-0.15, -0.1) is 0 Å². The highest BCUT2D eigenvalue weighted by Gasteiger charge is 2.17. The fourth-order valence-corrected chi connectivity index (χ4v) is 4.17. The summed E-state index contributed by atoms with van der Waals surface area (Å²) in [5.74, 6) is 2.08. The van der Waals surface area contributed by atoms with E-state index in [1.165, 1.54) is 0 Å². The molecule has 5 rings (SSSR count). The van der Waals surface area contributed by atoms with E-state index in [4.69, 9.17) is 32.7 Å². The minimum atomic E-state index is 0.244. The van der Waals surface area contributed by atoms with Crippen LogP contribution in [0.1, 0.15) is 11.3 Å². The lowest BCUT2D eigenvalue weighted by Gasteiger charge is -2.24. The second kappa shape index (κ2) is 9.29. The largest absolute Gasteiger partial charge is 0.454 e. The molecule has 4 aromatic rings. The topological polar surface area (TPSA) is 72.4 Å². The van der Waals surface area contributed by atoms with E-state index in [1.807, 2.05) is 49.4 Å². The molecule has 0 radical (unpaired) electrons. The van der Waals surface area contributed by atoms with Crippen LogP contribution < -0.4 is 19.7 Å². The zero-order valence-corrected chi connectivity index (χ0v) is 19.4. The molecule has 0 saturated carbocycles. The van der Waals surface area contributed by atoms with Gasteiger partial charge >= 0.3 is 0 Å². The maximum atomic E-state index is 6.23. The number of rotatable bonds is 7. The van der Waals surface area contributed by atoms with Crippen LogP contribution in [0.15, 0.2) is 54.7 Å². The Balaban J connectivity index is 1.37. The van der Waals surface area contributed by atoms with Crippen molar-refractivity contribution in [2.75, 3.05) is 30.1 Å². The van der Waals surface area contributed by atoms with Crippen LogP contribution in [0.3, 0.4) is 0 Å². The second-order valence-corrected chi connectivity index (χ2v) is 8.51. The maximum absolute atomic E-state index is 6.23. The Morgan fingerprint density at radius 1 is 1.00 bits per heavy atom. The van der Waals surface area contributed by atoms with E-state index in [-0.39, 0.29) is 6.79 Å². The van der Waals surface area contributed by atoms with Crippen molar-refractivity contribution in [3.63, 3.8) is 0 Å². The molecule has 0 aliphatic carbocycles. The Morgan fingerprint density at radius 3 is 2.76 bits per heavy atom. The van der Waals surface area contributed by atoms with Crippen molar-refractivity contribution < 1.29 is 9.47 Å². The monoisotopic (exact) mass is 481 g/mol. The lowest BCUT2D eigenvalue weighted by molar-refractivity contribution is 0.174. The summed E-state index contributed by atoms with van der Waals surface area (Å²) in [7, 11) is 0. The third-order valence-electron chi connectivity index (χ3n) is 5.31. The minimum Gasteiger partial charge on any atom is -0.454 e. The van der Waals surface area contributed by atoms with Gasteiger partial charge < -0.3 is 19.7 Å². The molecule has 0 saturated heterocycles. The lowest BCUT2D eigenvalue weighted by atomic mass is 10.2. The molecule has 0 unspecified atom stereocenters. The smallest absolute Gasteiger partial charge is 0.231 e. The fourth-order valence-electron chi connectivity index (χ4n) is 3.77. The number of anilines is 2. The number of pyridine rings is 1. The van der Waals surface area contributed by atoms with Gasteiger partial charge in [0.25, 0.3) is 0 Å². The van der Waals surface area contributed by atoms with E-state index in [9.17, 15) is 0 Å². The number of nitrogens with one attached hydrogen (secondary N) is 1. The first-order valence-electron chi connectivity index (χ1n) is 10.5. The minimum absolute atomic E-state index is 0.244. The van der Waals surface area contributed by atoms with Crippen LogP contribution in [-0.2, 0) is 6.54 Å². The average Bonchev–Trinajstić information content (AvgIpc) is 3.25. The van der Waals surface area contributed by atoms with E-state index in [2.05, 4.69) is 25.2 Å². The molecule has 9 heteroatoms. The molecule has 168 valence electrons. The van der Waals surface area contributed by atoms with Crippen molar-refractivity contribution in [3.05, 3.63) is 76.2 Å². The number of nitrogens with zero attached hydrogens (tertiary/aromatic N) is 4. The molecule has 2 aromatic carbocycles. The summed E-state index contributed by atoms with van der Waals surface area (Å²) in [5.41, 5.74) is 3.71. The van der Waals surface area contributed by atoms with Gasteiger partial charge in [0.05, 0.1) is 5.52 Å². The number of hydrogen-bond donors (Lipinski definition) is 1. The first-order valence-corrected chi connectivity index (χ1v) is 11.2. The SMILES string of the molecule is Cc1cc(Cl)nc(N(CCNc2ccnc3cc(Cl)ccc23)Cc2ccc3c(c2)OCO3)n1. The van der Waals surface area contributed by atoms with Crippen molar-refractivity contribution in [2.45, 2.75) is 13.5 Å². The quantitative estimate of drug-likeness (QED) is 0.350. The van der Waals surface area contributed by atoms with E-state index in [0.717, 1.165) is 39.3 Å². The predicted octanol–water partition coefficient (Wildman–Crippen LogP) is 5.49. The summed E-state index contributed by atoms with van der Waals surface area (Å²) in [6.07, 6.45) is 1.77. The van der Waals surface area contributed by atoms with Crippen LogP contribution >= 0.6 is 23.2 Å². The summed E-state index contributed by atoms with van der Waals surface area (Å²) in [5, 5.41) is 5.60. The molecule has 2 aromatic heterocycles. The van der Waals surface area contributed by atoms with Gasteiger partial charge in [0.2, 0.25) is 12.7 Å². The van der Waals surface area contributed by atoms with Crippen molar-refractivity contribution in [1.82, 2.24) is 15.0 Å². The maximum Gasteiger partial charge on any atom is 0.231 e. The first kappa shape index (κ1) is 21.6. The zero-order valence-electron chi connectivity index (χ0n) is 17.9. The number of hydrogen-bond acceptors (Lipinski definition) is 7. The van der Waals surface area contributed by atoms with Gasteiger partial charge in [-0.1, -0.05) is 29.3 Å². The normalized spacial score (nSPS) is 12.2. The van der Waals surface area contributed by atoms with Gasteiger partial charge in [-0.3, -0.25) is 4.98 Å². The van der Waals surface area contributed by atoms with Crippen LogP contribution in [0.5, 0.6) is 11.5 Å². The highest BCUT2D eigenvalue weighted by Crippen LogP contribution is 2.33. The molecule has 0 atom stereocenters. The standard InChI is InChI=1S/C24H21Cl2N5O2/c1-15-10-23(26)30-24(29-15)31(13-16-2-5-21-22(11-16)33-14-32-21)9-8-28-19-6-7-27-20-12-17(25)3-4-18(19)20/h2-7,10-12H,8-9,13-14H2,1H3,(H,27,28). The van der Waals surface area contributed by atoms with Crippen LogP contribution in [0.25, 0.3) is 10.9 Å². The number of fused-ring (bicyclic) bond motifs is 2. The van der Waals surface area contributed by atoms with Crippen LogP contribution in [0.4, 0.5) is 11.6 Å². The number of benzene rings is 2. The highest BCUT2D eigenvalue weighted by molar-refractivity contribution is 6.31. The van der Waals surface area contributed by atoms with Crippen molar-refractivity contribution in [1.29, 1.82) is 0 Å². The van der Waals surface area contributed by atoms with Crippen molar-refractivity contribution >= 4 is 45.7 Å². The van der Waals surface area contributed by atoms with E-state index in [0.29, 0.717) is 35.8 Å². The van der Waals surface area contributed by atoms with Crippen LogP contribution in [-0.4, -0.2) is 34.8 Å². The molecule has 0 bridgehead atoms. The van der Waals surface area contributed by atoms with E-state index < -0.39 is 0 Å². The molecule has 0 fully saturated rings. The second-order valence-electron chi connectivity index (χ2n) is 7.69. The molecule has 1 N–H and O–H groups in total. The summed E-state index contributed by atoms with van der Waals surface area (Å²) in [6.45, 7) is 4.04. The molecule has 1 aliphatic heterocycles. The van der Waals surface area contributed by atoms with Crippen molar-refractivity contribution in [3.8, 4) is 11.5 Å². The Morgan fingerprint density at radius 2 is 1.88 bits per heavy atom. The van der Waals surface area contributed by atoms with E-state index >= 15 is 0 Å². The van der Waals surface area contributed by atoms with Gasteiger partial charge in [0.15, 0.2) is 11.5 Å². The summed E-state index contributed by atoms with van der Waals surface area (Å²) >= 11 is 12.3. The number of halogens is 2. The van der Waals surface area contributed by atoms with Gasteiger partial charge in [-0.25, -0.2) is 9.97 Å². The van der Waals surface area contributed by atoms with Gasteiger partial charge in [0, 0.05) is 47.6 Å². The average molecular weight is 482 g/mol. The summed E-state index contributed by atoms with van der Waals surface area (Å²) in [6, 6.07) is 15.3. The molecule has 1 aliphatic rings. The Hall–Kier alpha value is -3.29. The molecule has 0 spiro atoms. The highest BCUT2D eigenvalue weighted by atomic mass is 35.5. The number of aryl methyl sites for hydroxylation is 1. The molecular weight excluding hydrogens is 461 g/mol. The lowest BCUT2D eigenvalue weighted by Crippen LogP contribution is -2.30. The summed E-state index contributed by atoms with van der Waals surface area (Å²) < 4.78 is 11.0. The van der Waals surface area contributed by atoms with Gasteiger partial charge in [0.1, 0.15) is 5.15 Å².